The highest BCUT2D eigenvalue weighted by atomic mass is 16.7. The molecule has 4 amide bonds. The molecule has 2 aromatic rings. The van der Waals surface area contributed by atoms with Crippen molar-refractivity contribution in [2.24, 2.45) is 19.5 Å². The molecule has 0 saturated carbocycles. The third kappa shape index (κ3) is 2.67. The maximum absolute atomic E-state index is 13.9. The normalized spacial score (nSPS) is 20.2. The molecule has 3 heterocycles. The zero-order valence-corrected chi connectivity index (χ0v) is 20.3. The van der Waals surface area contributed by atoms with E-state index in [-0.39, 0.29) is 42.3 Å². The van der Waals surface area contributed by atoms with Crippen LogP contribution in [0.2, 0.25) is 0 Å². The molecule has 190 valence electrons. The van der Waals surface area contributed by atoms with E-state index in [4.69, 9.17) is 14.2 Å². The number of benzene rings is 1. The minimum Gasteiger partial charge on any atom is -0.494 e. The zero-order valence-electron chi connectivity index (χ0n) is 20.3. The highest BCUT2D eigenvalue weighted by Crippen LogP contribution is 2.59. The molecule has 1 saturated heterocycles. The molecule has 0 radical (unpaired) electrons. The predicted octanol–water partition coefficient (Wildman–Crippen LogP) is -0.358. The molecule has 1 aliphatic carbocycles. The van der Waals surface area contributed by atoms with Gasteiger partial charge < -0.3 is 19.3 Å². The van der Waals surface area contributed by atoms with Crippen molar-refractivity contribution < 1.29 is 33.7 Å². The van der Waals surface area contributed by atoms with Crippen LogP contribution >= 0.6 is 0 Å². The number of nitrogens with zero attached hydrogens (tertiary/aromatic N) is 4. The standard InChI is InChI=1S/C23H24N4O9/c1-24-17(28)13(18(29)25(2)21(24)32)14-12-10(8-11-15(16(12)34-5)36-9-35-11)6-7-23(14)19(30)26(3)22(33)27(4)20(23)31/h8,14,28H,6-7,9H2,1-5H3/t14-/m1/s1. The van der Waals surface area contributed by atoms with Crippen molar-refractivity contribution in [3.8, 4) is 23.1 Å². The Balaban J connectivity index is 1.96. The van der Waals surface area contributed by atoms with Crippen molar-refractivity contribution >= 4 is 17.8 Å². The van der Waals surface area contributed by atoms with Crippen LogP contribution in [0, 0.1) is 5.41 Å². The number of aryl methyl sites for hydroxylation is 1. The van der Waals surface area contributed by atoms with E-state index in [1.807, 2.05) is 0 Å². The van der Waals surface area contributed by atoms with Gasteiger partial charge in [-0.05, 0) is 24.5 Å². The summed E-state index contributed by atoms with van der Waals surface area (Å²) >= 11 is 0. The van der Waals surface area contributed by atoms with E-state index in [2.05, 4.69) is 0 Å². The molecule has 1 aromatic heterocycles. The second-order valence-corrected chi connectivity index (χ2v) is 9.07. The van der Waals surface area contributed by atoms with Crippen molar-refractivity contribution in [2.45, 2.75) is 18.8 Å². The summed E-state index contributed by atoms with van der Waals surface area (Å²) in [5, 5.41) is 11.1. The molecule has 1 N–H and O–H groups in total. The highest BCUT2D eigenvalue weighted by molar-refractivity contribution is 6.20. The van der Waals surface area contributed by atoms with Gasteiger partial charge in [0, 0.05) is 39.7 Å². The number of carbonyl (C=O) groups is 3. The Hall–Kier alpha value is -4.29. The number of carbonyl (C=O) groups excluding carboxylic acids is 3. The van der Waals surface area contributed by atoms with Crippen LogP contribution in [0.3, 0.4) is 0 Å². The molecular weight excluding hydrogens is 476 g/mol. The number of hydrogen-bond acceptors (Lipinski definition) is 9. The summed E-state index contributed by atoms with van der Waals surface area (Å²) in [6.07, 6.45) is 0.109. The molecule has 1 spiro atoms. The maximum Gasteiger partial charge on any atom is 0.333 e. The molecule has 3 aliphatic rings. The van der Waals surface area contributed by atoms with Gasteiger partial charge in [0.15, 0.2) is 11.5 Å². The van der Waals surface area contributed by atoms with Gasteiger partial charge in [0.1, 0.15) is 5.41 Å². The first-order chi connectivity index (χ1) is 17.0. The highest BCUT2D eigenvalue weighted by Gasteiger charge is 2.64. The first-order valence-electron chi connectivity index (χ1n) is 11.1. The quantitative estimate of drug-likeness (QED) is 0.546. The minimum absolute atomic E-state index is 0.0848. The van der Waals surface area contributed by atoms with Crippen molar-refractivity contribution in [1.82, 2.24) is 18.9 Å². The van der Waals surface area contributed by atoms with Crippen LogP contribution in [0.15, 0.2) is 15.7 Å². The maximum atomic E-state index is 13.9. The lowest BCUT2D eigenvalue weighted by Crippen LogP contribution is -2.66. The number of urea groups is 1. The molecule has 0 bridgehead atoms. The smallest absolute Gasteiger partial charge is 0.333 e. The van der Waals surface area contributed by atoms with Crippen molar-refractivity contribution in [1.29, 1.82) is 0 Å². The lowest BCUT2D eigenvalue weighted by atomic mass is 9.59. The lowest BCUT2D eigenvalue weighted by molar-refractivity contribution is -0.159. The van der Waals surface area contributed by atoms with E-state index in [9.17, 15) is 29.1 Å². The molecule has 13 heteroatoms. The number of aromatic hydroxyl groups is 1. The fraction of sp³-hybridized carbons (Fsp3) is 0.435. The molecule has 13 nitrogen and oxygen atoms in total. The van der Waals surface area contributed by atoms with Crippen LogP contribution in [0.25, 0.3) is 0 Å². The molecule has 5 rings (SSSR count). The number of imide groups is 2. The van der Waals surface area contributed by atoms with Crippen LogP contribution in [0.1, 0.15) is 29.0 Å². The third-order valence-corrected chi connectivity index (χ3v) is 7.42. The number of fused-ring (bicyclic) bond motifs is 2. The van der Waals surface area contributed by atoms with Crippen LogP contribution in [-0.4, -0.2) is 69.9 Å². The number of aromatic nitrogens is 2. The SMILES string of the molecule is COc1c2c(cc3c1[C@H](c1c(O)n(C)c(=O)n(C)c1=O)C1(CC3)C(=O)N(C)C(=O)N(C)C1=O)OCO2. The Morgan fingerprint density at radius 2 is 1.61 bits per heavy atom. The molecular formula is C23H24N4O9. The molecule has 1 atom stereocenters. The van der Waals surface area contributed by atoms with E-state index in [0.29, 0.717) is 11.3 Å². The number of barbiturate groups is 1. The molecule has 36 heavy (non-hydrogen) atoms. The van der Waals surface area contributed by atoms with Gasteiger partial charge in [-0.3, -0.25) is 33.3 Å². The predicted molar refractivity (Wildman–Crippen MR) is 121 cm³/mol. The van der Waals surface area contributed by atoms with Crippen molar-refractivity contribution in [2.75, 3.05) is 28.0 Å². The van der Waals surface area contributed by atoms with Gasteiger partial charge >= 0.3 is 11.7 Å². The van der Waals surface area contributed by atoms with Crippen LogP contribution in [-0.2, 0) is 30.1 Å². The molecule has 0 unspecified atom stereocenters. The van der Waals surface area contributed by atoms with E-state index < -0.39 is 46.3 Å². The second-order valence-electron chi connectivity index (χ2n) is 9.07. The first kappa shape index (κ1) is 23.5. The lowest BCUT2D eigenvalue weighted by Gasteiger charge is -2.48. The fourth-order valence-electron chi connectivity index (χ4n) is 5.58. The summed E-state index contributed by atoms with van der Waals surface area (Å²) < 4.78 is 18.4. The Bertz CT molecular complexity index is 1460. The van der Waals surface area contributed by atoms with Gasteiger partial charge in [-0.1, -0.05) is 0 Å². The molecule has 2 aliphatic heterocycles. The van der Waals surface area contributed by atoms with Gasteiger partial charge in [0.05, 0.1) is 12.7 Å². The second kappa shape index (κ2) is 7.60. The zero-order chi connectivity index (χ0) is 26.3. The Morgan fingerprint density at radius 1 is 0.972 bits per heavy atom. The third-order valence-electron chi connectivity index (χ3n) is 7.42. The number of rotatable bonds is 2. The molecule has 1 fully saturated rings. The summed E-state index contributed by atoms with van der Waals surface area (Å²) in [5.41, 5.74) is -3.17. The van der Waals surface area contributed by atoms with E-state index >= 15 is 0 Å². The molecule has 1 aromatic carbocycles. The van der Waals surface area contributed by atoms with Gasteiger partial charge in [0.25, 0.3) is 5.56 Å². The number of amides is 4. The summed E-state index contributed by atoms with van der Waals surface area (Å²) in [7, 11) is 6.35. The van der Waals surface area contributed by atoms with Crippen LogP contribution in [0.5, 0.6) is 23.1 Å². The van der Waals surface area contributed by atoms with Crippen LogP contribution < -0.4 is 25.5 Å². The monoisotopic (exact) mass is 500 g/mol. The number of hydrogen-bond donors (Lipinski definition) is 1. The van der Waals surface area contributed by atoms with E-state index in [0.717, 1.165) is 18.9 Å². The Kier molecular flexibility index (Phi) is 4.95. The Morgan fingerprint density at radius 3 is 2.22 bits per heavy atom. The van der Waals surface area contributed by atoms with Crippen LogP contribution in [0.4, 0.5) is 4.79 Å². The summed E-state index contributed by atoms with van der Waals surface area (Å²) in [6, 6.07) is 0.857. The van der Waals surface area contributed by atoms with Gasteiger partial charge in [0.2, 0.25) is 30.2 Å². The number of methoxy groups -OCH3 is 1. The van der Waals surface area contributed by atoms with Gasteiger partial charge in [-0.15, -0.1) is 0 Å². The summed E-state index contributed by atoms with van der Waals surface area (Å²) in [5.74, 6) is -3.06. The average Bonchev–Trinajstić information content (AvgIpc) is 3.35. The van der Waals surface area contributed by atoms with Gasteiger partial charge in [-0.2, -0.15) is 0 Å². The number of ether oxygens (including phenoxy) is 3. The largest absolute Gasteiger partial charge is 0.494 e. The average molecular weight is 500 g/mol. The summed E-state index contributed by atoms with van der Waals surface area (Å²) in [6.45, 7) is -0.0882. The minimum atomic E-state index is -1.99. The Labute approximate surface area is 204 Å². The van der Waals surface area contributed by atoms with E-state index in [1.54, 1.807) is 6.07 Å². The van der Waals surface area contributed by atoms with E-state index in [1.165, 1.54) is 35.3 Å². The fourth-order valence-corrected chi connectivity index (χ4v) is 5.58. The van der Waals surface area contributed by atoms with Gasteiger partial charge in [-0.25, -0.2) is 9.59 Å². The topological polar surface area (TPSA) is 150 Å². The van der Waals surface area contributed by atoms with Crippen molar-refractivity contribution in [3.63, 3.8) is 0 Å². The first-order valence-corrected chi connectivity index (χ1v) is 11.1. The van der Waals surface area contributed by atoms with Crippen molar-refractivity contribution in [3.05, 3.63) is 43.6 Å². The summed E-state index contributed by atoms with van der Waals surface area (Å²) in [4.78, 5) is 68.0.